The zero-order chi connectivity index (χ0) is 21.3. The van der Waals surface area contributed by atoms with Gasteiger partial charge in [0.25, 0.3) is 0 Å². The molecule has 1 amide bonds. The Morgan fingerprint density at radius 2 is 1.90 bits per heavy atom. The molecule has 30 heavy (non-hydrogen) atoms. The largest absolute Gasteiger partial charge is 0.311 e. The van der Waals surface area contributed by atoms with Gasteiger partial charge in [0.1, 0.15) is 5.82 Å². The summed E-state index contributed by atoms with van der Waals surface area (Å²) < 4.78 is 29.3. The van der Waals surface area contributed by atoms with Crippen molar-refractivity contribution < 1.29 is 13.2 Å². The monoisotopic (exact) mass is 449 g/mol. The van der Waals surface area contributed by atoms with E-state index in [1.807, 2.05) is 18.4 Å². The summed E-state index contributed by atoms with van der Waals surface area (Å²) in [5.74, 6) is 1.10. The van der Waals surface area contributed by atoms with Gasteiger partial charge in [-0.25, -0.2) is 8.42 Å². The maximum Gasteiger partial charge on any atom is 0.243 e. The molecule has 0 aliphatic carbocycles. The lowest BCUT2D eigenvalue weighted by atomic mass is 10.0. The number of hydrogen-bond acceptors (Lipinski definition) is 6. The normalized spacial score (nSPS) is 17.3. The minimum atomic E-state index is -3.45. The standard InChI is InChI=1S/C20H27N5O3S2/c1-3-24-15(2)21-22-20(24)29-14-19(26)25-12-6-7-16-13-17(8-9-18(16)25)30(27,28)23-10-4-5-11-23/h8-9,13H,3-7,10-12,14H2,1-2H3. The minimum Gasteiger partial charge on any atom is -0.311 e. The molecule has 2 aliphatic rings. The molecule has 0 N–H and O–H groups in total. The Morgan fingerprint density at radius 3 is 2.63 bits per heavy atom. The number of sulfonamides is 1. The van der Waals surface area contributed by atoms with Crippen LogP contribution >= 0.6 is 11.8 Å². The van der Waals surface area contributed by atoms with Gasteiger partial charge in [-0.2, -0.15) is 4.31 Å². The van der Waals surface area contributed by atoms with Crippen molar-refractivity contribution in [2.24, 2.45) is 0 Å². The van der Waals surface area contributed by atoms with E-state index in [0.717, 1.165) is 54.5 Å². The summed E-state index contributed by atoms with van der Waals surface area (Å²) in [6, 6.07) is 5.19. The van der Waals surface area contributed by atoms with E-state index in [0.29, 0.717) is 24.5 Å². The van der Waals surface area contributed by atoms with Gasteiger partial charge in [-0.3, -0.25) is 4.79 Å². The summed E-state index contributed by atoms with van der Waals surface area (Å²) in [4.78, 5) is 15.1. The predicted octanol–water partition coefficient (Wildman–Crippen LogP) is 2.46. The zero-order valence-corrected chi connectivity index (χ0v) is 19.0. The summed E-state index contributed by atoms with van der Waals surface area (Å²) in [5.41, 5.74) is 1.74. The van der Waals surface area contributed by atoms with Gasteiger partial charge in [0.05, 0.1) is 10.6 Å². The molecular weight excluding hydrogens is 422 g/mol. The van der Waals surface area contributed by atoms with E-state index in [1.54, 1.807) is 27.4 Å². The third kappa shape index (κ3) is 4.00. The van der Waals surface area contributed by atoms with Gasteiger partial charge in [-0.05, 0) is 63.3 Å². The number of rotatable bonds is 6. The Bertz CT molecular complexity index is 1040. The molecule has 1 saturated heterocycles. The van der Waals surface area contributed by atoms with Crippen LogP contribution in [0.2, 0.25) is 0 Å². The maximum absolute atomic E-state index is 13.0. The second-order valence-corrected chi connectivity index (χ2v) is 10.5. The molecule has 0 radical (unpaired) electrons. The molecular formula is C20H27N5O3S2. The first kappa shape index (κ1) is 21.3. The van der Waals surface area contributed by atoms with Crippen molar-refractivity contribution >= 4 is 33.4 Å². The number of nitrogens with zero attached hydrogens (tertiary/aromatic N) is 5. The molecule has 0 atom stereocenters. The Hall–Kier alpha value is -1.91. The van der Waals surface area contributed by atoms with Crippen LogP contribution in [0.15, 0.2) is 28.3 Å². The number of fused-ring (bicyclic) bond motifs is 1. The number of hydrogen-bond donors (Lipinski definition) is 0. The lowest BCUT2D eigenvalue weighted by Crippen LogP contribution is -2.37. The smallest absolute Gasteiger partial charge is 0.243 e. The fourth-order valence-corrected chi connectivity index (χ4v) is 6.60. The Kier molecular flexibility index (Phi) is 6.17. The fourth-order valence-electron chi connectivity index (χ4n) is 4.11. The van der Waals surface area contributed by atoms with E-state index in [4.69, 9.17) is 0 Å². The summed E-state index contributed by atoms with van der Waals surface area (Å²) in [6.45, 7) is 6.50. The van der Waals surface area contributed by atoms with Crippen LogP contribution in [0.3, 0.4) is 0 Å². The highest BCUT2D eigenvalue weighted by atomic mass is 32.2. The van der Waals surface area contributed by atoms with E-state index in [9.17, 15) is 13.2 Å². The van der Waals surface area contributed by atoms with Crippen LogP contribution < -0.4 is 4.90 Å². The molecule has 8 nitrogen and oxygen atoms in total. The average Bonchev–Trinajstić information content (AvgIpc) is 3.41. The second-order valence-electron chi connectivity index (χ2n) is 7.61. The van der Waals surface area contributed by atoms with Crippen molar-refractivity contribution in [3.8, 4) is 0 Å². The quantitative estimate of drug-likeness (QED) is 0.630. The number of carbonyl (C=O) groups excluding carboxylic acids is 1. The Labute approximate surface area is 181 Å². The van der Waals surface area contributed by atoms with Gasteiger partial charge in [0.2, 0.25) is 15.9 Å². The van der Waals surface area contributed by atoms with Crippen molar-refractivity contribution in [1.82, 2.24) is 19.1 Å². The number of carbonyl (C=O) groups is 1. The predicted molar refractivity (Wildman–Crippen MR) is 116 cm³/mol. The van der Waals surface area contributed by atoms with Crippen LogP contribution in [-0.2, 0) is 27.8 Å². The van der Waals surface area contributed by atoms with Gasteiger partial charge in [-0.1, -0.05) is 11.8 Å². The summed E-state index contributed by atoms with van der Waals surface area (Å²) in [5, 5.41) is 8.99. The number of benzene rings is 1. The van der Waals surface area contributed by atoms with Gasteiger partial charge in [0, 0.05) is 31.9 Å². The van der Waals surface area contributed by atoms with Crippen molar-refractivity contribution in [2.45, 2.75) is 56.1 Å². The SMILES string of the molecule is CCn1c(C)nnc1SCC(=O)N1CCCc2cc(S(=O)(=O)N3CCCC3)ccc21. The molecule has 1 aromatic carbocycles. The molecule has 0 unspecified atom stereocenters. The number of aryl methyl sites for hydroxylation is 2. The Morgan fingerprint density at radius 1 is 1.13 bits per heavy atom. The van der Waals surface area contributed by atoms with E-state index >= 15 is 0 Å². The van der Waals surface area contributed by atoms with E-state index in [-0.39, 0.29) is 11.7 Å². The minimum absolute atomic E-state index is 0.000550. The molecule has 1 aromatic heterocycles. The first-order chi connectivity index (χ1) is 14.4. The lowest BCUT2D eigenvalue weighted by Gasteiger charge is -2.30. The molecule has 10 heteroatoms. The van der Waals surface area contributed by atoms with Crippen LogP contribution in [0, 0.1) is 6.92 Å². The van der Waals surface area contributed by atoms with Crippen LogP contribution in [0.4, 0.5) is 5.69 Å². The van der Waals surface area contributed by atoms with Crippen molar-refractivity contribution in [2.75, 3.05) is 30.3 Å². The number of anilines is 1. The summed E-state index contributed by atoms with van der Waals surface area (Å²) >= 11 is 1.39. The van der Waals surface area contributed by atoms with Crippen LogP contribution in [0.5, 0.6) is 0 Å². The molecule has 3 heterocycles. The topological polar surface area (TPSA) is 88.4 Å². The van der Waals surface area contributed by atoms with Crippen LogP contribution in [0.1, 0.15) is 37.6 Å². The van der Waals surface area contributed by atoms with E-state index in [2.05, 4.69) is 10.2 Å². The van der Waals surface area contributed by atoms with Crippen molar-refractivity contribution in [3.05, 3.63) is 29.6 Å². The van der Waals surface area contributed by atoms with Crippen LogP contribution in [0.25, 0.3) is 0 Å². The third-order valence-corrected chi connectivity index (χ3v) is 8.56. The van der Waals surface area contributed by atoms with E-state index in [1.165, 1.54) is 11.8 Å². The van der Waals surface area contributed by atoms with Crippen molar-refractivity contribution in [1.29, 1.82) is 0 Å². The van der Waals surface area contributed by atoms with Crippen LogP contribution in [-0.4, -0.2) is 58.8 Å². The molecule has 2 aromatic rings. The van der Waals surface area contributed by atoms with Crippen molar-refractivity contribution in [3.63, 3.8) is 0 Å². The van der Waals surface area contributed by atoms with Gasteiger partial charge in [0.15, 0.2) is 5.16 Å². The molecule has 2 aliphatic heterocycles. The lowest BCUT2D eigenvalue weighted by molar-refractivity contribution is -0.116. The highest BCUT2D eigenvalue weighted by molar-refractivity contribution is 7.99. The maximum atomic E-state index is 13.0. The molecule has 0 spiro atoms. The molecule has 1 fully saturated rings. The zero-order valence-electron chi connectivity index (χ0n) is 17.4. The third-order valence-electron chi connectivity index (χ3n) is 5.72. The van der Waals surface area contributed by atoms with E-state index < -0.39 is 10.0 Å². The first-order valence-corrected chi connectivity index (χ1v) is 12.8. The van der Waals surface area contributed by atoms with Gasteiger partial charge >= 0.3 is 0 Å². The number of amides is 1. The highest BCUT2D eigenvalue weighted by Crippen LogP contribution is 2.32. The average molecular weight is 450 g/mol. The second kappa shape index (κ2) is 8.68. The van der Waals surface area contributed by atoms with Gasteiger partial charge < -0.3 is 9.47 Å². The molecule has 4 rings (SSSR count). The Balaban J connectivity index is 1.51. The van der Waals surface area contributed by atoms with Gasteiger partial charge in [-0.15, -0.1) is 10.2 Å². The highest BCUT2D eigenvalue weighted by Gasteiger charge is 2.29. The fraction of sp³-hybridized carbons (Fsp3) is 0.550. The summed E-state index contributed by atoms with van der Waals surface area (Å²) in [6.07, 6.45) is 3.42. The number of thioether (sulfide) groups is 1. The first-order valence-electron chi connectivity index (χ1n) is 10.4. The molecule has 0 saturated carbocycles. The summed E-state index contributed by atoms with van der Waals surface area (Å²) in [7, 11) is -3.45. The molecule has 162 valence electrons. The number of aromatic nitrogens is 3. The molecule has 0 bridgehead atoms.